The van der Waals surface area contributed by atoms with Crippen molar-refractivity contribution in [2.45, 2.75) is 46.1 Å². The molecule has 3 heteroatoms. The minimum absolute atomic E-state index is 0.209. The van der Waals surface area contributed by atoms with Gasteiger partial charge in [-0.05, 0) is 56.2 Å². The van der Waals surface area contributed by atoms with Gasteiger partial charge < -0.3 is 4.90 Å². The van der Waals surface area contributed by atoms with Crippen molar-refractivity contribution in [2.24, 2.45) is 11.8 Å². The highest BCUT2D eigenvalue weighted by Crippen LogP contribution is 2.24. The third-order valence-corrected chi connectivity index (χ3v) is 5.61. The first-order chi connectivity index (χ1) is 11.1. The van der Waals surface area contributed by atoms with E-state index in [1.165, 1.54) is 24.0 Å². The summed E-state index contributed by atoms with van der Waals surface area (Å²) >= 11 is 0. The van der Waals surface area contributed by atoms with Gasteiger partial charge in [0.1, 0.15) is 0 Å². The van der Waals surface area contributed by atoms with Gasteiger partial charge in [-0.3, -0.25) is 9.69 Å². The molecule has 2 heterocycles. The molecule has 23 heavy (non-hydrogen) atoms. The zero-order chi connectivity index (χ0) is 16.2. The number of hydrogen-bond acceptors (Lipinski definition) is 2. The molecular weight excluding hydrogens is 284 g/mol. The number of aryl methyl sites for hydroxylation is 1. The number of carbonyl (C=O) groups excluding carboxylic acids is 1. The van der Waals surface area contributed by atoms with Crippen LogP contribution in [0.3, 0.4) is 0 Å². The van der Waals surface area contributed by atoms with Gasteiger partial charge in [0, 0.05) is 26.2 Å². The molecule has 1 amide bonds. The third-order valence-electron chi connectivity index (χ3n) is 5.61. The fourth-order valence-electron chi connectivity index (χ4n) is 3.92. The van der Waals surface area contributed by atoms with Crippen LogP contribution in [0.15, 0.2) is 24.3 Å². The highest BCUT2D eigenvalue weighted by Gasteiger charge is 2.30. The maximum Gasteiger partial charge on any atom is 0.226 e. The van der Waals surface area contributed by atoms with E-state index in [1.54, 1.807) is 0 Å². The maximum atomic E-state index is 12.8. The summed E-state index contributed by atoms with van der Waals surface area (Å²) in [6.07, 6.45) is 4.55. The molecule has 3 nitrogen and oxygen atoms in total. The van der Waals surface area contributed by atoms with E-state index in [9.17, 15) is 4.79 Å². The van der Waals surface area contributed by atoms with Gasteiger partial charge in [0.25, 0.3) is 0 Å². The van der Waals surface area contributed by atoms with Gasteiger partial charge in [-0.25, -0.2) is 0 Å². The Kier molecular flexibility index (Phi) is 5.37. The molecule has 126 valence electrons. The highest BCUT2D eigenvalue weighted by molar-refractivity contribution is 5.79. The molecule has 0 radical (unpaired) electrons. The molecule has 2 fully saturated rings. The molecule has 1 atom stereocenters. The number of piperidine rings is 2. The van der Waals surface area contributed by atoms with Gasteiger partial charge in [-0.1, -0.05) is 31.2 Å². The van der Waals surface area contributed by atoms with Crippen molar-refractivity contribution in [3.63, 3.8) is 0 Å². The third kappa shape index (κ3) is 4.14. The van der Waals surface area contributed by atoms with Crippen LogP contribution in [-0.2, 0) is 11.3 Å². The van der Waals surface area contributed by atoms with Crippen molar-refractivity contribution in [1.29, 1.82) is 0 Å². The molecule has 1 aromatic carbocycles. The first kappa shape index (κ1) is 16.5. The number of carbonyl (C=O) groups is 1. The summed E-state index contributed by atoms with van der Waals surface area (Å²) in [7, 11) is 0. The van der Waals surface area contributed by atoms with Gasteiger partial charge in [-0.15, -0.1) is 0 Å². The molecule has 0 aromatic heterocycles. The molecule has 2 saturated heterocycles. The van der Waals surface area contributed by atoms with Crippen molar-refractivity contribution in [3.05, 3.63) is 35.4 Å². The number of amides is 1. The Morgan fingerprint density at radius 3 is 2.61 bits per heavy atom. The van der Waals surface area contributed by atoms with E-state index in [0.717, 1.165) is 51.5 Å². The lowest BCUT2D eigenvalue weighted by Crippen LogP contribution is -2.46. The second kappa shape index (κ2) is 7.48. The Labute approximate surface area is 140 Å². The van der Waals surface area contributed by atoms with Crippen LogP contribution in [0.5, 0.6) is 0 Å². The summed E-state index contributed by atoms with van der Waals surface area (Å²) in [6, 6.07) is 8.60. The first-order valence-electron chi connectivity index (χ1n) is 9.19. The molecule has 0 bridgehead atoms. The summed E-state index contributed by atoms with van der Waals surface area (Å²) in [4.78, 5) is 17.4. The predicted molar refractivity (Wildman–Crippen MR) is 94.2 cm³/mol. The lowest BCUT2D eigenvalue weighted by atomic mass is 9.93. The minimum atomic E-state index is 0.209. The van der Waals surface area contributed by atoms with Gasteiger partial charge >= 0.3 is 0 Å². The number of benzene rings is 1. The molecule has 1 aromatic rings. The summed E-state index contributed by atoms with van der Waals surface area (Å²) in [5.41, 5.74) is 2.75. The Morgan fingerprint density at radius 1 is 1.13 bits per heavy atom. The summed E-state index contributed by atoms with van der Waals surface area (Å²) < 4.78 is 0. The lowest BCUT2D eigenvalue weighted by molar-refractivity contribution is -0.138. The van der Waals surface area contributed by atoms with E-state index >= 15 is 0 Å². The smallest absolute Gasteiger partial charge is 0.226 e. The molecule has 2 aliphatic rings. The van der Waals surface area contributed by atoms with E-state index in [2.05, 4.69) is 47.9 Å². The lowest BCUT2D eigenvalue weighted by Gasteiger charge is -2.37. The fraction of sp³-hybridized carbons (Fsp3) is 0.650. The van der Waals surface area contributed by atoms with Crippen molar-refractivity contribution in [1.82, 2.24) is 9.80 Å². The molecule has 0 saturated carbocycles. The number of likely N-dealkylation sites (tertiary alicyclic amines) is 2. The second-order valence-electron chi connectivity index (χ2n) is 7.51. The van der Waals surface area contributed by atoms with Crippen LogP contribution in [-0.4, -0.2) is 41.9 Å². The summed E-state index contributed by atoms with van der Waals surface area (Å²) in [5.74, 6) is 1.40. The van der Waals surface area contributed by atoms with Crippen molar-refractivity contribution < 1.29 is 4.79 Å². The van der Waals surface area contributed by atoms with E-state index in [4.69, 9.17) is 0 Å². The largest absolute Gasteiger partial charge is 0.342 e. The SMILES string of the molecule is Cc1ccccc1CN1CCCC(C(=O)N2CCC(C)CC2)C1. The average molecular weight is 314 g/mol. The Bertz CT molecular complexity index is 534. The van der Waals surface area contributed by atoms with E-state index in [0.29, 0.717) is 5.91 Å². The van der Waals surface area contributed by atoms with Gasteiger partial charge in [-0.2, -0.15) is 0 Å². The zero-order valence-corrected chi connectivity index (χ0v) is 14.6. The molecule has 3 rings (SSSR count). The summed E-state index contributed by atoms with van der Waals surface area (Å²) in [5, 5.41) is 0. The zero-order valence-electron chi connectivity index (χ0n) is 14.6. The van der Waals surface area contributed by atoms with E-state index in [1.807, 2.05) is 0 Å². The van der Waals surface area contributed by atoms with Crippen LogP contribution in [0.25, 0.3) is 0 Å². The molecule has 1 unspecified atom stereocenters. The minimum Gasteiger partial charge on any atom is -0.342 e. The van der Waals surface area contributed by atoms with Crippen molar-refractivity contribution in [3.8, 4) is 0 Å². The van der Waals surface area contributed by atoms with Crippen LogP contribution in [0, 0.1) is 18.8 Å². The standard InChI is InChI=1S/C20H30N2O/c1-16-9-12-22(13-10-16)20(23)19-8-5-11-21(15-19)14-18-7-4-3-6-17(18)2/h3-4,6-7,16,19H,5,8-15H2,1-2H3. The molecular formula is C20H30N2O. The summed E-state index contributed by atoms with van der Waals surface area (Å²) in [6.45, 7) is 9.44. The quantitative estimate of drug-likeness (QED) is 0.853. The highest BCUT2D eigenvalue weighted by atomic mass is 16.2. The van der Waals surface area contributed by atoms with Crippen molar-refractivity contribution in [2.75, 3.05) is 26.2 Å². The predicted octanol–water partition coefficient (Wildman–Crippen LogP) is 3.47. The van der Waals surface area contributed by atoms with Crippen LogP contribution < -0.4 is 0 Å². The molecule has 0 aliphatic carbocycles. The number of rotatable bonds is 3. The van der Waals surface area contributed by atoms with Crippen LogP contribution in [0.4, 0.5) is 0 Å². The van der Waals surface area contributed by atoms with Crippen LogP contribution in [0.1, 0.15) is 43.7 Å². The van der Waals surface area contributed by atoms with Gasteiger partial charge in [0.05, 0.1) is 5.92 Å². The average Bonchev–Trinajstić information content (AvgIpc) is 2.57. The second-order valence-corrected chi connectivity index (χ2v) is 7.51. The molecule has 2 aliphatic heterocycles. The maximum absolute atomic E-state index is 12.8. The van der Waals surface area contributed by atoms with Gasteiger partial charge in [0.2, 0.25) is 5.91 Å². The normalized spacial score (nSPS) is 23.9. The van der Waals surface area contributed by atoms with Crippen LogP contribution in [0.2, 0.25) is 0 Å². The van der Waals surface area contributed by atoms with Crippen molar-refractivity contribution >= 4 is 5.91 Å². The number of hydrogen-bond donors (Lipinski definition) is 0. The molecule has 0 spiro atoms. The monoisotopic (exact) mass is 314 g/mol. The van der Waals surface area contributed by atoms with E-state index in [-0.39, 0.29) is 5.92 Å². The Hall–Kier alpha value is -1.35. The Morgan fingerprint density at radius 2 is 1.87 bits per heavy atom. The first-order valence-corrected chi connectivity index (χ1v) is 9.19. The topological polar surface area (TPSA) is 23.6 Å². The fourth-order valence-corrected chi connectivity index (χ4v) is 3.92. The van der Waals surface area contributed by atoms with Gasteiger partial charge in [0.15, 0.2) is 0 Å². The Balaban J connectivity index is 1.57. The number of nitrogens with zero attached hydrogens (tertiary/aromatic N) is 2. The van der Waals surface area contributed by atoms with E-state index < -0.39 is 0 Å². The molecule has 0 N–H and O–H groups in total. The van der Waals surface area contributed by atoms with Crippen LogP contribution >= 0.6 is 0 Å².